The zero-order valence-electron chi connectivity index (χ0n) is 29.7. The summed E-state index contributed by atoms with van der Waals surface area (Å²) in [4.78, 5) is 4.62. The van der Waals surface area contributed by atoms with Crippen LogP contribution >= 0.6 is 0 Å². The van der Waals surface area contributed by atoms with Crippen LogP contribution in [0.5, 0.6) is 0 Å². The van der Waals surface area contributed by atoms with Crippen molar-refractivity contribution in [1.29, 1.82) is 0 Å². The summed E-state index contributed by atoms with van der Waals surface area (Å²) in [6.45, 7) is 0. The van der Waals surface area contributed by atoms with Crippen LogP contribution in [0.15, 0.2) is 218 Å². The van der Waals surface area contributed by atoms with E-state index in [0.717, 1.165) is 34.1 Å². The van der Waals surface area contributed by atoms with Gasteiger partial charge in [-0.05, 0) is 127 Å². The lowest BCUT2D eigenvalue weighted by atomic mass is 9.87. The van der Waals surface area contributed by atoms with E-state index in [1.165, 1.54) is 54.6 Å². The molecule has 0 radical (unpaired) electrons. The summed E-state index contributed by atoms with van der Waals surface area (Å²) in [5.74, 6) is 0. The van der Waals surface area contributed by atoms with Crippen molar-refractivity contribution >= 4 is 66.4 Å². The van der Waals surface area contributed by atoms with E-state index in [2.05, 4.69) is 228 Å². The molecule has 0 bridgehead atoms. The fraction of sp³-hybridized carbons (Fsp3) is 0. The van der Waals surface area contributed by atoms with Gasteiger partial charge in [-0.25, -0.2) is 0 Å². The summed E-state index contributed by atoms with van der Waals surface area (Å²) in [5, 5.41) is 7.71. The number of hydrogen-bond donors (Lipinski definition) is 0. The third kappa shape index (κ3) is 5.53. The van der Waals surface area contributed by atoms with Gasteiger partial charge in [0.2, 0.25) is 0 Å². The van der Waals surface area contributed by atoms with E-state index < -0.39 is 0 Å². The molecule has 0 atom stereocenters. The van der Waals surface area contributed by atoms with E-state index >= 15 is 0 Å². The van der Waals surface area contributed by atoms with E-state index in [9.17, 15) is 0 Å². The molecule has 0 saturated carbocycles. The van der Waals surface area contributed by atoms with Gasteiger partial charge in [0.15, 0.2) is 0 Å². The Morgan fingerprint density at radius 2 is 0.500 bits per heavy atom. The van der Waals surface area contributed by atoms with Crippen LogP contribution in [0.3, 0.4) is 0 Å². The van der Waals surface area contributed by atoms with Crippen molar-refractivity contribution in [2.75, 3.05) is 9.80 Å². The minimum Gasteiger partial charge on any atom is -0.311 e. The Labute approximate surface area is 315 Å². The zero-order valence-corrected chi connectivity index (χ0v) is 29.7. The molecule has 254 valence electrons. The van der Waals surface area contributed by atoms with Gasteiger partial charge in [0.1, 0.15) is 0 Å². The maximum absolute atomic E-state index is 2.31. The summed E-state index contributed by atoms with van der Waals surface area (Å²) < 4.78 is 0. The largest absolute Gasteiger partial charge is 0.311 e. The monoisotopic (exact) mass is 688 g/mol. The Hall–Kier alpha value is -7.16. The second-order valence-corrected chi connectivity index (χ2v) is 13.8. The molecule has 0 unspecified atom stereocenters. The van der Waals surface area contributed by atoms with Crippen molar-refractivity contribution in [1.82, 2.24) is 0 Å². The second-order valence-electron chi connectivity index (χ2n) is 13.8. The van der Waals surface area contributed by atoms with Gasteiger partial charge >= 0.3 is 0 Å². The smallest absolute Gasteiger partial charge is 0.0462 e. The van der Waals surface area contributed by atoms with Crippen LogP contribution in [0.4, 0.5) is 34.1 Å². The molecule has 0 aliphatic carbocycles. The Morgan fingerprint density at radius 1 is 0.222 bits per heavy atom. The van der Waals surface area contributed by atoms with Gasteiger partial charge in [0.25, 0.3) is 0 Å². The van der Waals surface area contributed by atoms with E-state index in [0.29, 0.717) is 0 Å². The molecule has 10 aromatic carbocycles. The van der Waals surface area contributed by atoms with Gasteiger partial charge in [-0.15, -0.1) is 0 Å². The summed E-state index contributed by atoms with van der Waals surface area (Å²) in [6.07, 6.45) is 0. The van der Waals surface area contributed by atoms with Crippen LogP contribution in [0, 0.1) is 0 Å². The lowest BCUT2D eigenvalue weighted by molar-refractivity contribution is 1.28. The second kappa shape index (κ2) is 13.4. The van der Waals surface area contributed by atoms with Gasteiger partial charge < -0.3 is 9.80 Å². The molecule has 0 saturated heterocycles. The highest BCUT2D eigenvalue weighted by molar-refractivity contribution is 6.27. The Bertz CT molecular complexity index is 2550. The Balaban J connectivity index is 1.05. The minimum atomic E-state index is 1.13. The van der Waals surface area contributed by atoms with Crippen molar-refractivity contribution < 1.29 is 0 Å². The van der Waals surface area contributed by atoms with Crippen LogP contribution in [0.25, 0.3) is 54.6 Å². The average molecular weight is 689 g/mol. The first-order valence-electron chi connectivity index (χ1n) is 18.5. The SMILES string of the molecule is c1ccc(N(c2ccccc2)c2ccc(-c3ccc4ccc5c(-c6ccc(N(c7ccccc7)c7ccccc7)cc6)ccc6ccc3c4c65)cc2)cc1. The molecule has 0 amide bonds. The van der Waals surface area contributed by atoms with E-state index in [1.807, 2.05) is 0 Å². The summed E-state index contributed by atoms with van der Waals surface area (Å²) in [7, 11) is 0. The van der Waals surface area contributed by atoms with Crippen molar-refractivity contribution in [2.24, 2.45) is 0 Å². The Morgan fingerprint density at radius 3 is 0.815 bits per heavy atom. The van der Waals surface area contributed by atoms with Crippen molar-refractivity contribution in [3.05, 3.63) is 218 Å². The number of nitrogens with zero attached hydrogens (tertiary/aromatic N) is 2. The minimum absolute atomic E-state index is 1.13. The third-order valence-corrected chi connectivity index (χ3v) is 10.6. The van der Waals surface area contributed by atoms with Crippen molar-refractivity contribution in [3.63, 3.8) is 0 Å². The third-order valence-electron chi connectivity index (χ3n) is 10.6. The van der Waals surface area contributed by atoms with Gasteiger partial charge in [-0.3, -0.25) is 0 Å². The van der Waals surface area contributed by atoms with Crippen LogP contribution in [0.2, 0.25) is 0 Å². The maximum atomic E-state index is 2.31. The molecule has 0 N–H and O–H groups in total. The molecule has 0 aliphatic rings. The highest BCUT2D eigenvalue weighted by Gasteiger charge is 2.17. The van der Waals surface area contributed by atoms with Crippen LogP contribution in [0.1, 0.15) is 0 Å². The maximum Gasteiger partial charge on any atom is 0.0462 e. The number of anilines is 6. The first kappa shape index (κ1) is 31.6. The van der Waals surface area contributed by atoms with Gasteiger partial charge in [-0.1, -0.05) is 146 Å². The molecule has 2 nitrogen and oxygen atoms in total. The van der Waals surface area contributed by atoms with Crippen LogP contribution in [-0.2, 0) is 0 Å². The molecule has 0 spiro atoms. The van der Waals surface area contributed by atoms with Gasteiger partial charge in [0, 0.05) is 34.1 Å². The highest BCUT2D eigenvalue weighted by atomic mass is 15.1. The molecular weight excluding hydrogens is 653 g/mol. The Kier molecular flexibility index (Phi) is 7.85. The topological polar surface area (TPSA) is 6.48 Å². The van der Waals surface area contributed by atoms with Crippen LogP contribution < -0.4 is 9.80 Å². The molecule has 2 heteroatoms. The normalized spacial score (nSPS) is 11.3. The molecule has 0 fully saturated rings. The fourth-order valence-corrected chi connectivity index (χ4v) is 8.09. The van der Waals surface area contributed by atoms with E-state index in [4.69, 9.17) is 0 Å². The predicted octanol–water partition coefficient (Wildman–Crippen LogP) is 14.9. The molecule has 0 aromatic heterocycles. The lowest BCUT2D eigenvalue weighted by Crippen LogP contribution is -2.09. The number of rotatable bonds is 8. The molecule has 10 rings (SSSR count). The van der Waals surface area contributed by atoms with E-state index in [-0.39, 0.29) is 0 Å². The molecule has 0 heterocycles. The number of hydrogen-bond acceptors (Lipinski definition) is 2. The van der Waals surface area contributed by atoms with Crippen molar-refractivity contribution in [3.8, 4) is 22.3 Å². The number of para-hydroxylation sites is 4. The quantitative estimate of drug-likeness (QED) is 0.147. The highest BCUT2D eigenvalue weighted by Crippen LogP contribution is 2.44. The fourth-order valence-electron chi connectivity index (χ4n) is 8.09. The summed E-state index contributed by atoms with van der Waals surface area (Å²) in [5.41, 5.74) is 11.7. The molecular formula is C52H36N2. The first-order chi connectivity index (χ1) is 26.8. The number of benzene rings is 10. The lowest BCUT2D eigenvalue weighted by Gasteiger charge is -2.25. The standard InChI is InChI=1S/C52H36N2/c1-5-13-41(14-6-1)53(42-15-7-2-8-16-42)45-29-21-37(22-30-45)47-33-25-39-28-36-50-48(34-26-40-27-35-49(47)51(39)52(40)50)38-23-31-46(32-24-38)54(43-17-9-3-10-18-43)44-19-11-4-12-20-44/h1-36H. The first-order valence-corrected chi connectivity index (χ1v) is 18.5. The average Bonchev–Trinajstić information content (AvgIpc) is 3.25. The predicted molar refractivity (Wildman–Crippen MR) is 230 cm³/mol. The van der Waals surface area contributed by atoms with Crippen LogP contribution in [-0.4, -0.2) is 0 Å². The molecule has 10 aromatic rings. The summed E-state index contributed by atoms with van der Waals surface area (Å²) >= 11 is 0. The van der Waals surface area contributed by atoms with Gasteiger partial charge in [0.05, 0.1) is 0 Å². The molecule has 54 heavy (non-hydrogen) atoms. The van der Waals surface area contributed by atoms with E-state index in [1.54, 1.807) is 0 Å². The zero-order chi connectivity index (χ0) is 35.8. The van der Waals surface area contributed by atoms with Crippen molar-refractivity contribution in [2.45, 2.75) is 0 Å². The van der Waals surface area contributed by atoms with Gasteiger partial charge in [-0.2, -0.15) is 0 Å². The molecule has 0 aliphatic heterocycles. The summed E-state index contributed by atoms with van der Waals surface area (Å²) in [6, 6.07) is 78.7.